The molecule has 6 nitrogen and oxygen atoms in total. The van der Waals surface area contributed by atoms with Crippen molar-refractivity contribution >= 4 is 12.0 Å². The summed E-state index contributed by atoms with van der Waals surface area (Å²) in [5.74, 6) is 0.00148. The number of amides is 2. The van der Waals surface area contributed by atoms with E-state index in [9.17, 15) is 14.7 Å². The molecule has 0 spiro atoms. The SMILES string of the molecule is CCC1(C(=O)O)CCN(C(=O)NC(C)Cc2ccco2)C1. The zero-order valence-electron chi connectivity index (χ0n) is 12.5. The number of hydrogen-bond donors (Lipinski definition) is 2. The molecule has 2 N–H and O–H groups in total. The minimum atomic E-state index is -0.816. The van der Waals surface area contributed by atoms with E-state index in [0.29, 0.717) is 25.8 Å². The number of carbonyl (C=O) groups excluding carboxylic acids is 1. The van der Waals surface area contributed by atoms with E-state index in [1.807, 2.05) is 26.0 Å². The summed E-state index contributed by atoms with van der Waals surface area (Å²) >= 11 is 0. The van der Waals surface area contributed by atoms with Crippen molar-refractivity contribution in [3.8, 4) is 0 Å². The van der Waals surface area contributed by atoms with Crippen molar-refractivity contribution in [2.75, 3.05) is 13.1 Å². The first-order valence-corrected chi connectivity index (χ1v) is 7.28. The minimum absolute atomic E-state index is 0.0647. The molecule has 1 aliphatic heterocycles. The second kappa shape index (κ2) is 6.20. The van der Waals surface area contributed by atoms with Gasteiger partial charge in [-0.05, 0) is 31.9 Å². The van der Waals surface area contributed by atoms with Crippen LogP contribution < -0.4 is 5.32 Å². The van der Waals surface area contributed by atoms with Crippen LogP contribution in [0.25, 0.3) is 0 Å². The van der Waals surface area contributed by atoms with Crippen LogP contribution in [0.3, 0.4) is 0 Å². The fourth-order valence-electron chi connectivity index (χ4n) is 2.74. The van der Waals surface area contributed by atoms with Crippen molar-refractivity contribution in [1.82, 2.24) is 10.2 Å². The van der Waals surface area contributed by atoms with Crippen LogP contribution in [0.4, 0.5) is 4.79 Å². The second-order valence-electron chi connectivity index (χ2n) is 5.74. The second-order valence-corrected chi connectivity index (χ2v) is 5.74. The highest BCUT2D eigenvalue weighted by molar-refractivity contribution is 5.79. The third-order valence-corrected chi connectivity index (χ3v) is 4.23. The van der Waals surface area contributed by atoms with Gasteiger partial charge in [-0.15, -0.1) is 0 Å². The summed E-state index contributed by atoms with van der Waals surface area (Å²) in [6.45, 7) is 4.52. The molecular formula is C15H22N2O4. The predicted molar refractivity (Wildman–Crippen MR) is 77.0 cm³/mol. The molecule has 2 heterocycles. The largest absolute Gasteiger partial charge is 0.481 e. The lowest BCUT2D eigenvalue weighted by molar-refractivity contribution is -0.148. The topological polar surface area (TPSA) is 82.8 Å². The summed E-state index contributed by atoms with van der Waals surface area (Å²) in [6, 6.07) is 3.41. The molecule has 0 radical (unpaired) electrons. The van der Waals surface area contributed by atoms with Gasteiger partial charge in [0.05, 0.1) is 11.7 Å². The number of urea groups is 1. The van der Waals surface area contributed by atoms with Crippen LogP contribution in [0.15, 0.2) is 22.8 Å². The highest BCUT2D eigenvalue weighted by atomic mass is 16.4. The van der Waals surface area contributed by atoms with Crippen molar-refractivity contribution in [3.63, 3.8) is 0 Å². The predicted octanol–water partition coefficient (Wildman–Crippen LogP) is 2.11. The fraction of sp³-hybridized carbons (Fsp3) is 0.600. The van der Waals surface area contributed by atoms with E-state index in [-0.39, 0.29) is 18.6 Å². The quantitative estimate of drug-likeness (QED) is 0.871. The summed E-state index contributed by atoms with van der Waals surface area (Å²) < 4.78 is 5.25. The summed E-state index contributed by atoms with van der Waals surface area (Å²) in [5, 5.41) is 12.2. The van der Waals surface area contributed by atoms with Gasteiger partial charge < -0.3 is 19.7 Å². The summed E-state index contributed by atoms with van der Waals surface area (Å²) in [6.07, 6.45) is 3.27. The number of furan rings is 1. The van der Waals surface area contributed by atoms with Crippen LogP contribution >= 0.6 is 0 Å². The summed E-state index contributed by atoms with van der Waals surface area (Å²) in [5.41, 5.74) is -0.790. The number of hydrogen-bond acceptors (Lipinski definition) is 3. The molecule has 0 saturated carbocycles. The van der Waals surface area contributed by atoms with E-state index in [1.54, 1.807) is 11.2 Å². The van der Waals surface area contributed by atoms with Gasteiger partial charge in [-0.1, -0.05) is 6.92 Å². The molecule has 116 valence electrons. The first-order valence-electron chi connectivity index (χ1n) is 7.28. The summed E-state index contributed by atoms with van der Waals surface area (Å²) in [4.78, 5) is 25.2. The van der Waals surface area contributed by atoms with Gasteiger partial charge in [0.1, 0.15) is 5.76 Å². The van der Waals surface area contributed by atoms with Crippen LogP contribution in [0.1, 0.15) is 32.4 Å². The molecule has 1 aliphatic rings. The van der Waals surface area contributed by atoms with E-state index in [4.69, 9.17) is 4.42 Å². The van der Waals surface area contributed by atoms with E-state index >= 15 is 0 Å². The molecular weight excluding hydrogens is 272 g/mol. The molecule has 0 aliphatic carbocycles. The maximum atomic E-state index is 12.2. The van der Waals surface area contributed by atoms with Crippen molar-refractivity contribution in [2.45, 2.75) is 39.2 Å². The Hall–Kier alpha value is -1.98. The number of nitrogens with one attached hydrogen (secondary N) is 1. The van der Waals surface area contributed by atoms with Crippen molar-refractivity contribution in [1.29, 1.82) is 0 Å². The molecule has 1 fully saturated rings. The molecule has 0 bridgehead atoms. The molecule has 21 heavy (non-hydrogen) atoms. The lowest BCUT2D eigenvalue weighted by Gasteiger charge is -2.24. The Morgan fingerprint density at radius 3 is 2.86 bits per heavy atom. The average Bonchev–Trinajstić information content (AvgIpc) is 3.07. The Bertz CT molecular complexity index is 500. The first kappa shape index (κ1) is 15.4. The van der Waals surface area contributed by atoms with Crippen molar-refractivity contribution in [3.05, 3.63) is 24.2 Å². The number of carboxylic acids is 1. The van der Waals surface area contributed by atoms with Gasteiger partial charge in [-0.3, -0.25) is 4.79 Å². The first-order chi connectivity index (χ1) is 9.97. The molecule has 0 aromatic carbocycles. The average molecular weight is 294 g/mol. The van der Waals surface area contributed by atoms with Gasteiger partial charge in [0.15, 0.2) is 0 Å². The highest BCUT2D eigenvalue weighted by Crippen LogP contribution is 2.34. The smallest absolute Gasteiger partial charge is 0.317 e. The monoisotopic (exact) mass is 294 g/mol. The number of carbonyl (C=O) groups is 2. The Morgan fingerprint density at radius 2 is 2.33 bits per heavy atom. The van der Waals surface area contributed by atoms with Gasteiger partial charge in [0.25, 0.3) is 0 Å². The van der Waals surface area contributed by atoms with Crippen molar-refractivity contribution < 1.29 is 19.1 Å². The Morgan fingerprint density at radius 1 is 1.57 bits per heavy atom. The molecule has 2 amide bonds. The van der Waals surface area contributed by atoms with Crippen LogP contribution in [0.5, 0.6) is 0 Å². The number of rotatable bonds is 5. The third-order valence-electron chi connectivity index (χ3n) is 4.23. The van der Waals surface area contributed by atoms with E-state index < -0.39 is 11.4 Å². The Balaban J connectivity index is 1.88. The van der Waals surface area contributed by atoms with E-state index in [1.165, 1.54) is 0 Å². The minimum Gasteiger partial charge on any atom is -0.481 e. The lowest BCUT2D eigenvalue weighted by atomic mass is 9.84. The Labute approximate surface area is 124 Å². The zero-order chi connectivity index (χ0) is 15.5. The van der Waals surface area contributed by atoms with Gasteiger partial charge >= 0.3 is 12.0 Å². The third kappa shape index (κ3) is 3.37. The molecule has 6 heteroatoms. The van der Waals surface area contributed by atoms with Gasteiger partial charge in [-0.25, -0.2) is 4.79 Å². The van der Waals surface area contributed by atoms with E-state index in [0.717, 1.165) is 5.76 Å². The van der Waals surface area contributed by atoms with Gasteiger partial charge in [0, 0.05) is 25.6 Å². The van der Waals surface area contributed by atoms with Gasteiger partial charge in [0.2, 0.25) is 0 Å². The van der Waals surface area contributed by atoms with Crippen LogP contribution in [0, 0.1) is 5.41 Å². The van der Waals surface area contributed by atoms with Crippen LogP contribution in [0.2, 0.25) is 0 Å². The molecule has 2 atom stereocenters. The number of nitrogens with zero attached hydrogens (tertiary/aromatic N) is 1. The van der Waals surface area contributed by atoms with Gasteiger partial charge in [-0.2, -0.15) is 0 Å². The summed E-state index contributed by atoms with van der Waals surface area (Å²) in [7, 11) is 0. The maximum Gasteiger partial charge on any atom is 0.317 e. The number of aliphatic carboxylic acids is 1. The Kier molecular flexibility index (Phi) is 4.55. The number of likely N-dealkylation sites (tertiary alicyclic amines) is 1. The lowest BCUT2D eigenvalue weighted by Crippen LogP contribution is -2.45. The van der Waals surface area contributed by atoms with Crippen LogP contribution in [-0.2, 0) is 11.2 Å². The molecule has 1 aromatic heterocycles. The molecule has 1 saturated heterocycles. The van der Waals surface area contributed by atoms with Crippen molar-refractivity contribution in [2.24, 2.45) is 5.41 Å². The van der Waals surface area contributed by atoms with Crippen LogP contribution in [-0.4, -0.2) is 41.1 Å². The molecule has 2 unspecified atom stereocenters. The highest BCUT2D eigenvalue weighted by Gasteiger charge is 2.44. The molecule has 2 rings (SSSR count). The standard InChI is InChI=1S/C15H22N2O4/c1-3-15(13(18)19)6-7-17(10-15)14(20)16-11(2)9-12-5-4-8-21-12/h4-5,8,11H,3,6-7,9-10H2,1-2H3,(H,16,20)(H,18,19). The fourth-order valence-corrected chi connectivity index (χ4v) is 2.74. The number of carboxylic acid groups (broad SMARTS) is 1. The normalized spacial score (nSPS) is 23.0. The van der Waals surface area contributed by atoms with E-state index in [2.05, 4.69) is 5.32 Å². The zero-order valence-corrected chi connectivity index (χ0v) is 12.5. The molecule has 1 aromatic rings. The maximum absolute atomic E-state index is 12.2.